The van der Waals surface area contributed by atoms with Gasteiger partial charge in [-0.25, -0.2) is 4.79 Å². The number of hydrogen-bond donors (Lipinski definition) is 0. The van der Waals surface area contributed by atoms with Crippen molar-refractivity contribution >= 4 is 5.97 Å². The number of carbonyl (C=O) groups is 1. The van der Waals surface area contributed by atoms with Gasteiger partial charge in [0.1, 0.15) is 6.10 Å². The molecule has 3 rings (SSSR count). The highest BCUT2D eigenvalue weighted by Gasteiger charge is 2.49. The SMILES string of the molecule is C=C1C2=C(C)C(=O)O[C@H]2C[C@@]2(C)CCCC[C@H]12. The number of hydrogen-bond acceptors (Lipinski definition) is 2. The molecule has 0 saturated heterocycles. The van der Waals surface area contributed by atoms with Crippen LogP contribution >= 0.6 is 0 Å². The van der Waals surface area contributed by atoms with E-state index in [-0.39, 0.29) is 12.1 Å². The minimum Gasteiger partial charge on any atom is -0.454 e. The van der Waals surface area contributed by atoms with Crippen molar-refractivity contribution in [2.45, 2.75) is 52.1 Å². The molecule has 0 unspecified atom stereocenters. The van der Waals surface area contributed by atoms with Crippen LogP contribution in [-0.4, -0.2) is 12.1 Å². The number of esters is 1. The van der Waals surface area contributed by atoms with E-state index in [2.05, 4.69) is 13.5 Å². The standard InChI is InChI=1S/C15H20O2/c1-9-11-6-4-5-7-15(11,3)8-12-13(9)10(2)14(16)17-12/h11-12H,1,4-8H2,2-3H3/t11-,12+,15-/m1/s1. The number of rotatable bonds is 0. The zero-order valence-electron chi connectivity index (χ0n) is 10.7. The topological polar surface area (TPSA) is 26.3 Å². The number of fused-ring (bicyclic) bond motifs is 2. The van der Waals surface area contributed by atoms with Gasteiger partial charge < -0.3 is 4.74 Å². The van der Waals surface area contributed by atoms with Crippen LogP contribution in [0.15, 0.2) is 23.3 Å². The van der Waals surface area contributed by atoms with E-state index < -0.39 is 0 Å². The molecule has 0 aromatic rings. The van der Waals surface area contributed by atoms with Gasteiger partial charge in [0.05, 0.1) is 0 Å². The van der Waals surface area contributed by atoms with Crippen molar-refractivity contribution < 1.29 is 9.53 Å². The molecule has 1 heterocycles. The summed E-state index contributed by atoms with van der Waals surface area (Å²) in [6.07, 6.45) is 6.07. The van der Waals surface area contributed by atoms with E-state index in [1.807, 2.05) is 6.92 Å². The Balaban J connectivity index is 2.02. The third-order valence-electron chi connectivity index (χ3n) is 5.03. The molecule has 0 aromatic carbocycles. The lowest BCUT2D eigenvalue weighted by Crippen LogP contribution is -2.41. The first-order chi connectivity index (χ1) is 8.03. The van der Waals surface area contributed by atoms with E-state index >= 15 is 0 Å². The van der Waals surface area contributed by atoms with Crippen molar-refractivity contribution in [2.75, 3.05) is 0 Å². The lowest BCUT2D eigenvalue weighted by Gasteiger charge is -2.48. The first-order valence-electron chi connectivity index (χ1n) is 6.64. The van der Waals surface area contributed by atoms with Gasteiger partial charge in [0.25, 0.3) is 0 Å². The summed E-state index contributed by atoms with van der Waals surface area (Å²) in [5.74, 6) is 0.431. The highest BCUT2D eigenvalue weighted by Crippen LogP contribution is 2.55. The summed E-state index contributed by atoms with van der Waals surface area (Å²) in [6.45, 7) is 8.51. The molecule has 17 heavy (non-hydrogen) atoms. The fraction of sp³-hybridized carbons (Fsp3) is 0.667. The minimum atomic E-state index is -0.131. The van der Waals surface area contributed by atoms with Crippen LogP contribution in [0.3, 0.4) is 0 Å². The summed E-state index contributed by atoms with van der Waals surface area (Å²) < 4.78 is 5.49. The Kier molecular flexibility index (Phi) is 2.26. The Bertz CT molecular complexity index is 432. The fourth-order valence-electron chi connectivity index (χ4n) is 4.07. The van der Waals surface area contributed by atoms with Gasteiger partial charge in [-0.15, -0.1) is 0 Å². The Hall–Kier alpha value is -1.05. The predicted octanol–water partition coefficient (Wildman–Crippen LogP) is 3.38. The minimum absolute atomic E-state index is 0.00523. The van der Waals surface area contributed by atoms with Crippen LogP contribution in [0, 0.1) is 11.3 Å². The molecule has 0 spiro atoms. The van der Waals surface area contributed by atoms with E-state index in [4.69, 9.17) is 4.74 Å². The molecule has 3 atom stereocenters. The average molecular weight is 232 g/mol. The van der Waals surface area contributed by atoms with Gasteiger partial charge in [0, 0.05) is 11.1 Å². The third kappa shape index (κ3) is 1.42. The van der Waals surface area contributed by atoms with Crippen LogP contribution in [-0.2, 0) is 9.53 Å². The van der Waals surface area contributed by atoms with Crippen LogP contribution in [0.2, 0.25) is 0 Å². The summed E-state index contributed by atoms with van der Waals surface area (Å²) >= 11 is 0. The molecule has 0 aromatic heterocycles. The van der Waals surface area contributed by atoms with Crippen LogP contribution < -0.4 is 0 Å². The predicted molar refractivity (Wildman–Crippen MR) is 66.4 cm³/mol. The van der Waals surface area contributed by atoms with E-state index in [0.717, 1.165) is 17.6 Å². The van der Waals surface area contributed by atoms with Crippen molar-refractivity contribution in [1.29, 1.82) is 0 Å². The summed E-state index contributed by atoms with van der Waals surface area (Å²) in [4.78, 5) is 11.7. The number of ether oxygens (including phenoxy) is 1. The molecule has 2 saturated carbocycles. The third-order valence-corrected chi connectivity index (χ3v) is 5.03. The van der Waals surface area contributed by atoms with Gasteiger partial charge in [-0.3, -0.25) is 0 Å². The molecular weight excluding hydrogens is 212 g/mol. The van der Waals surface area contributed by atoms with Crippen LogP contribution in [0.25, 0.3) is 0 Å². The molecule has 92 valence electrons. The lowest BCUT2D eigenvalue weighted by molar-refractivity contribution is -0.141. The summed E-state index contributed by atoms with van der Waals surface area (Å²) in [6, 6.07) is 0. The van der Waals surface area contributed by atoms with Crippen LogP contribution in [0.1, 0.15) is 46.0 Å². The zero-order valence-corrected chi connectivity index (χ0v) is 10.7. The van der Waals surface area contributed by atoms with Crippen LogP contribution in [0.4, 0.5) is 0 Å². The maximum Gasteiger partial charge on any atom is 0.334 e. The lowest BCUT2D eigenvalue weighted by atomic mass is 9.57. The first kappa shape index (κ1) is 11.1. The summed E-state index contributed by atoms with van der Waals surface area (Å²) in [5, 5.41) is 0. The smallest absolute Gasteiger partial charge is 0.334 e. The van der Waals surface area contributed by atoms with Gasteiger partial charge in [-0.1, -0.05) is 26.3 Å². The van der Waals surface area contributed by atoms with Gasteiger partial charge in [0.15, 0.2) is 0 Å². The first-order valence-corrected chi connectivity index (χ1v) is 6.64. The Morgan fingerprint density at radius 3 is 2.94 bits per heavy atom. The van der Waals surface area contributed by atoms with Gasteiger partial charge in [0.2, 0.25) is 0 Å². The highest BCUT2D eigenvalue weighted by atomic mass is 16.5. The Morgan fingerprint density at radius 1 is 1.41 bits per heavy atom. The molecule has 2 fully saturated rings. The maximum absolute atomic E-state index is 11.7. The second-order valence-electron chi connectivity index (χ2n) is 6.11. The highest BCUT2D eigenvalue weighted by molar-refractivity contribution is 5.93. The maximum atomic E-state index is 11.7. The molecule has 3 aliphatic rings. The van der Waals surface area contributed by atoms with Crippen molar-refractivity contribution in [3.05, 3.63) is 23.3 Å². The second kappa shape index (κ2) is 3.47. The Morgan fingerprint density at radius 2 is 2.18 bits per heavy atom. The zero-order chi connectivity index (χ0) is 12.2. The van der Waals surface area contributed by atoms with Gasteiger partial charge >= 0.3 is 5.97 Å². The molecule has 0 amide bonds. The molecule has 2 nitrogen and oxygen atoms in total. The second-order valence-corrected chi connectivity index (χ2v) is 6.11. The fourth-order valence-corrected chi connectivity index (χ4v) is 4.07. The molecule has 2 heteroatoms. The van der Waals surface area contributed by atoms with Crippen molar-refractivity contribution in [3.8, 4) is 0 Å². The largest absolute Gasteiger partial charge is 0.454 e. The van der Waals surface area contributed by atoms with Crippen molar-refractivity contribution in [1.82, 2.24) is 0 Å². The van der Waals surface area contributed by atoms with Gasteiger partial charge in [-0.05, 0) is 43.1 Å². The normalized spacial score (nSPS) is 41.1. The molecular formula is C15H20O2. The average Bonchev–Trinajstić information content (AvgIpc) is 2.54. The molecule has 0 N–H and O–H groups in total. The monoisotopic (exact) mass is 232 g/mol. The molecule has 2 aliphatic carbocycles. The van der Waals surface area contributed by atoms with E-state index in [1.54, 1.807) is 0 Å². The molecule has 0 radical (unpaired) electrons. The van der Waals surface area contributed by atoms with Crippen LogP contribution in [0.5, 0.6) is 0 Å². The van der Waals surface area contributed by atoms with Crippen molar-refractivity contribution in [3.63, 3.8) is 0 Å². The quantitative estimate of drug-likeness (QED) is 0.598. The summed E-state index contributed by atoms with van der Waals surface area (Å²) in [7, 11) is 0. The van der Waals surface area contributed by atoms with E-state index in [9.17, 15) is 4.79 Å². The molecule has 0 bridgehead atoms. The van der Waals surface area contributed by atoms with E-state index in [1.165, 1.54) is 31.3 Å². The van der Waals surface area contributed by atoms with E-state index in [0.29, 0.717) is 11.3 Å². The summed E-state index contributed by atoms with van der Waals surface area (Å²) in [5.41, 5.74) is 3.41. The molecule has 1 aliphatic heterocycles. The Labute approximate surface area is 103 Å². The van der Waals surface area contributed by atoms with Crippen molar-refractivity contribution in [2.24, 2.45) is 11.3 Å². The van der Waals surface area contributed by atoms with Gasteiger partial charge in [-0.2, -0.15) is 0 Å². The number of carbonyl (C=O) groups excluding carboxylic acids is 1.